The number of amides is 2. The summed E-state index contributed by atoms with van der Waals surface area (Å²) in [4.78, 5) is 54.4. The monoisotopic (exact) mass is 580 g/mol. The van der Waals surface area contributed by atoms with Gasteiger partial charge in [0.05, 0.1) is 24.0 Å². The molecule has 4 aromatic rings. The third-order valence-corrected chi connectivity index (χ3v) is 8.79. The van der Waals surface area contributed by atoms with Crippen LogP contribution < -0.4 is 5.32 Å². The van der Waals surface area contributed by atoms with Crippen LogP contribution in [0, 0.1) is 12.3 Å². The standard InChI is InChI=1S/C33H33FN6O3/c1-19(22-8-6-5-7-9-22)26(34)15-38-32(43)28-11-33(4)12-30(33)40(28)31(42)18-39-17-25(20(2)41)24-10-27(37-16-29(24)39)23-13-35-21(3)36-14-23/h5-10,13-14,16-17,28,30H,11-12,15,18H2,1-4H3,(H,38,43)/b26-19+/t28-,30+,33-/m0/s1. The summed E-state index contributed by atoms with van der Waals surface area (Å²) in [6, 6.07) is 10.2. The first-order valence-electron chi connectivity index (χ1n) is 14.3. The van der Waals surface area contributed by atoms with Crippen LogP contribution in [0.2, 0.25) is 0 Å². The second-order valence-electron chi connectivity index (χ2n) is 11.8. The molecule has 1 saturated heterocycles. The highest BCUT2D eigenvalue weighted by molar-refractivity contribution is 6.07. The van der Waals surface area contributed by atoms with E-state index in [9.17, 15) is 18.8 Å². The molecule has 9 nitrogen and oxygen atoms in total. The Kier molecular flexibility index (Phi) is 7.15. The zero-order valence-corrected chi connectivity index (χ0v) is 24.6. The summed E-state index contributed by atoms with van der Waals surface area (Å²) in [5.41, 5.74) is 3.52. The van der Waals surface area contributed by atoms with E-state index in [1.165, 1.54) is 6.92 Å². The molecule has 3 atom stereocenters. The topological polar surface area (TPSA) is 110 Å². The van der Waals surface area contributed by atoms with Crippen molar-refractivity contribution in [3.8, 4) is 11.3 Å². The number of nitrogens with zero attached hydrogens (tertiary/aromatic N) is 5. The van der Waals surface area contributed by atoms with E-state index < -0.39 is 11.9 Å². The number of likely N-dealkylation sites (tertiary alicyclic amines) is 1. The summed E-state index contributed by atoms with van der Waals surface area (Å²) in [6.07, 6.45) is 8.02. The molecule has 0 spiro atoms. The number of hydrogen-bond donors (Lipinski definition) is 1. The minimum atomic E-state index is -0.693. The fraction of sp³-hybridized carbons (Fsp3) is 0.333. The van der Waals surface area contributed by atoms with Crippen molar-refractivity contribution in [3.05, 3.63) is 84.0 Å². The number of carbonyl (C=O) groups excluding carboxylic acids is 3. The van der Waals surface area contributed by atoms with E-state index in [0.29, 0.717) is 40.0 Å². The van der Waals surface area contributed by atoms with Crippen LogP contribution in [0.15, 0.2) is 67.0 Å². The number of pyridine rings is 1. The molecular weight excluding hydrogens is 547 g/mol. The van der Waals surface area contributed by atoms with Gasteiger partial charge >= 0.3 is 0 Å². The Bertz CT molecular complexity index is 1780. The number of piperidine rings is 1. The van der Waals surface area contributed by atoms with Gasteiger partial charge in [-0.05, 0) is 56.2 Å². The molecule has 4 heterocycles. The van der Waals surface area contributed by atoms with Crippen molar-refractivity contribution in [1.29, 1.82) is 0 Å². The zero-order chi connectivity index (χ0) is 30.5. The van der Waals surface area contributed by atoms with Crippen LogP contribution >= 0.6 is 0 Å². The molecule has 220 valence electrons. The average Bonchev–Trinajstić information content (AvgIpc) is 3.37. The normalized spacial score (nSPS) is 21.4. The molecule has 1 aliphatic heterocycles. The first-order chi connectivity index (χ1) is 20.6. The number of ketones is 1. The number of aromatic nitrogens is 4. The molecular formula is C33H33FN6O3. The number of halogens is 1. The van der Waals surface area contributed by atoms with Crippen molar-refractivity contribution >= 4 is 34.1 Å². The van der Waals surface area contributed by atoms with E-state index in [4.69, 9.17) is 0 Å². The SMILES string of the molecule is CC(=O)c1cn(CC(=O)N2[C@H](C(=O)NC/C(F)=C(/C)c3ccccc3)C[C@@]3(C)C[C@@H]23)c2cnc(-c3cnc(C)nc3)cc12. The lowest BCUT2D eigenvalue weighted by molar-refractivity contribution is -0.140. The Labute approximate surface area is 248 Å². The maximum atomic E-state index is 14.9. The number of rotatable bonds is 8. The number of aryl methyl sites for hydroxylation is 1. The lowest BCUT2D eigenvalue weighted by Gasteiger charge is -2.27. The van der Waals surface area contributed by atoms with E-state index in [0.717, 1.165) is 17.5 Å². The third kappa shape index (κ3) is 5.33. The lowest BCUT2D eigenvalue weighted by Crippen LogP contribution is -2.49. The summed E-state index contributed by atoms with van der Waals surface area (Å²) in [6.45, 7) is 6.73. The molecule has 43 heavy (non-hydrogen) atoms. The van der Waals surface area contributed by atoms with Crippen LogP contribution in [0.3, 0.4) is 0 Å². The minimum absolute atomic E-state index is 0.0532. The Morgan fingerprint density at radius 2 is 1.77 bits per heavy atom. The summed E-state index contributed by atoms with van der Waals surface area (Å²) in [7, 11) is 0. The van der Waals surface area contributed by atoms with Crippen molar-refractivity contribution in [2.45, 2.75) is 59.2 Å². The predicted molar refractivity (Wildman–Crippen MR) is 160 cm³/mol. The van der Waals surface area contributed by atoms with Gasteiger partial charge in [-0.2, -0.15) is 0 Å². The largest absolute Gasteiger partial charge is 0.348 e. The molecule has 10 heteroatoms. The molecule has 6 rings (SSSR count). The van der Waals surface area contributed by atoms with Gasteiger partial charge in [-0.25, -0.2) is 14.4 Å². The summed E-state index contributed by atoms with van der Waals surface area (Å²) >= 11 is 0. The number of fused-ring (bicyclic) bond motifs is 2. The van der Waals surface area contributed by atoms with Crippen LogP contribution in [0.5, 0.6) is 0 Å². The van der Waals surface area contributed by atoms with Gasteiger partial charge in [-0.1, -0.05) is 37.3 Å². The maximum absolute atomic E-state index is 14.9. The summed E-state index contributed by atoms with van der Waals surface area (Å²) in [5.74, 6) is -0.519. The Balaban J connectivity index is 1.22. The Hall–Kier alpha value is -4.73. The van der Waals surface area contributed by atoms with Crippen LogP contribution in [-0.4, -0.2) is 60.6 Å². The molecule has 0 bridgehead atoms. The molecule has 1 aromatic carbocycles. The molecule has 3 aromatic heterocycles. The van der Waals surface area contributed by atoms with Gasteiger partial charge in [0.1, 0.15) is 24.2 Å². The van der Waals surface area contributed by atoms with Crippen LogP contribution in [0.25, 0.3) is 27.7 Å². The second-order valence-corrected chi connectivity index (χ2v) is 11.8. The van der Waals surface area contributed by atoms with Gasteiger partial charge in [0.15, 0.2) is 5.78 Å². The highest BCUT2D eigenvalue weighted by Gasteiger charge is 2.64. The molecule has 2 amide bonds. The number of nitrogens with one attached hydrogen (secondary N) is 1. The number of benzene rings is 1. The number of carbonyl (C=O) groups is 3. The first kappa shape index (κ1) is 28.4. The van der Waals surface area contributed by atoms with Crippen molar-refractivity contribution in [2.75, 3.05) is 6.54 Å². The first-order valence-corrected chi connectivity index (χ1v) is 14.3. The third-order valence-electron chi connectivity index (χ3n) is 8.79. The highest BCUT2D eigenvalue weighted by Crippen LogP contribution is 2.59. The number of Topliss-reactive ketones (excluding diaryl/α,β-unsaturated/α-hetero) is 1. The fourth-order valence-electron chi connectivity index (χ4n) is 6.13. The molecule has 1 aliphatic carbocycles. The quantitative estimate of drug-likeness (QED) is 0.297. The Morgan fingerprint density at radius 3 is 2.47 bits per heavy atom. The summed E-state index contributed by atoms with van der Waals surface area (Å²) in [5, 5.41) is 3.39. The van der Waals surface area contributed by atoms with Gasteiger partial charge < -0.3 is 14.8 Å². The van der Waals surface area contributed by atoms with E-state index >= 15 is 0 Å². The molecule has 1 N–H and O–H groups in total. The van der Waals surface area contributed by atoms with Gasteiger partial charge in [0, 0.05) is 41.1 Å². The maximum Gasteiger partial charge on any atom is 0.243 e. The van der Waals surface area contributed by atoms with Crippen LogP contribution in [0.1, 0.15) is 55.4 Å². The zero-order valence-electron chi connectivity index (χ0n) is 24.6. The summed E-state index contributed by atoms with van der Waals surface area (Å²) < 4.78 is 16.7. The molecule has 2 aliphatic rings. The molecule has 2 fully saturated rings. The van der Waals surface area contributed by atoms with Crippen molar-refractivity contribution < 1.29 is 18.8 Å². The molecule has 0 unspecified atom stereocenters. The molecule has 0 radical (unpaired) electrons. The van der Waals surface area contributed by atoms with E-state index in [1.807, 2.05) is 36.4 Å². The van der Waals surface area contributed by atoms with Crippen LogP contribution in [-0.2, 0) is 16.1 Å². The highest BCUT2D eigenvalue weighted by atomic mass is 19.1. The average molecular weight is 581 g/mol. The van der Waals surface area contributed by atoms with E-state index in [-0.39, 0.29) is 42.1 Å². The van der Waals surface area contributed by atoms with Crippen molar-refractivity contribution in [2.24, 2.45) is 5.41 Å². The predicted octanol–water partition coefficient (Wildman–Crippen LogP) is 4.90. The van der Waals surface area contributed by atoms with E-state index in [1.54, 1.807) is 48.1 Å². The number of allylic oxidation sites excluding steroid dienone is 1. The van der Waals surface area contributed by atoms with Gasteiger partial charge in [-0.3, -0.25) is 19.4 Å². The van der Waals surface area contributed by atoms with Crippen molar-refractivity contribution in [1.82, 2.24) is 29.7 Å². The second kappa shape index (κ2) is 10.8. The van der Waals surface area contributed by atoms with Gasteiger partial charge in [-0.15, -0.1) is 0 Å². The fourth-order valence-corrected chi connectivity index (χ4v) is 6.13. The van der Waals surface area contributed by atoms with Gasteiger partial charge in [0.2, 0.25) is 11.8 Å². The van der Waals surface area contributed by atoms with Crippen molar-refractivity contribution in [3.63, 3.8) is 0 Å². The van der Waals surface area contributed by atoms with E-state index in [2.05, 4.69) is 27.2 Å². The lowest BCUT2D eigenvalue weighted by atomic mass is 10.0. The van der Waals surface area contributed by atoms with Gasteiger partial charge in [0.25, 0.3) is 0 Å². The smallest absolute Gasteiger partial charge is 0.243 e. The Morgan fingerprint density at radius 1 is 1.05 bits per heavy atom. The van der Waals surface area contributed by atoms with Crippen LogP contribution in [0.4, 0.5) is 4.39 Å². The molecule has 1 saturated carbocycles. The number of hydrogen-bond acceptors (Lipinski definition) is 6. The minimum Gasteiger partial charge on any atom is -0.348 e.